The van der Waals surface area contributed by atoms with Crippen LogP contribution < -0.4 is 0 Å². The van der Waals surface area contributed by atoms with E-state index in [9.17, 15) is 19.5 Å². The van der Waals surface area contributed by atoms with E-state index < -0.39 is 18.0 Å². The third kappa shape index (κ3) is 4.44. The highest BCUT2D eigenvalue weighted by atomic mass is 16.6. The van der Waals surface area contributed by atoms with E-state index >= 15 is 0 Å². The number of rotatable bonds is 8. The molecular formula is C23H30N2O6. The van der Waals surface area contributed by atoms with Gasteiger partial charge in [-0.1, -0.05) is 31.4 Å². The highest BCUT2D eigenvalue weighted by molar-refractivity contribution is 6.01. The van der Waals surface area contributed by atoms with Crippen LogP contribution in [0.4, 0.5) is 4.79 Å². The number of aliphatic hydroxyl groups excluding tert-OH is 1. The highest BCUT2D eigenvalue weighted by Crippen LogP contribution is 2.46. The molecule has 31 heavy (non-hydrogen) atoms. The Bertz CT molecular complexity index is 843. The molecule has 2 fully saturated rings. The molecule has 168 valence electrons. The standard InChI is InChI=1S/C23H30N2O6/c1-5-9-30-22(28)20-17(12-18-19(15(4)26)21(27)25(18)20)14(3)11-16-7-8-24(13-16)23(29)31-10-6-2/h5-6,11,15-16,18-19,26H,1-2,7-10,12-13H2,3-4H3/t15-,16?,18-,19-/m1/s1. The van der Waals surface area contributed by atoms with Gasteiger partial charge in [0.1, 0.15) is 18.9 Å². The van der Waals surface area contributed by atoms with Crippen LogP contribution in [0.5, 0.6) is 0 Å². The largest absolute Gasteiger partial charge is 0.457 e. The molecule has 2 saturated heterocycles. The molecule has 0 saturated carbocycles. The zero-order valence-electron chi connectivity index (χ0n) is 18.1. The van der Waals surface area contributed by atoms with Crippen molar-refractivity contribution in [1.29, 1.82) is 0 Å². The second-order valence-corrected chi connectivity index (χ2v) is 8.17. The number of amides is 2. The number of hydrogen-bond donors (Lipinski definition) is 1. The van der Waals surface area contributed by atoms with Crippen molar-refractivity contribution >= 4 is 18.0 Å². The van der Waals surface area contributed by atoms with Crippen LogP contribution in [0, 0.1) is 11.8 Å². The molecule has 0 aromatic rings. The molecule has 0 radical (unpaired) electrons. The Kier molecular flexibility index (Phi) is 7.00. The van der Waals surface area contributed by atoms with E-state index in [1.807, 2.05) is 13.0 Å². The minimum absolute atomic E-state index is 0.0509. The number of nitrogens with zero attached hydrogens (tertiary/aromatic N) is 2. The normalized spacial score (nSPS) is 26.4. The summed E-state index contributed by atoms with van der Waals surface area (Å²) in [5.74, 6) is -1.23. The Balaban J connectivity index is 1.79. The van der Waals surface area contributed by atoms with Gasteiger partial charge in [0.15, 0.2) is 0 Å². The second-order valence-electron chi connectivity index (χ2n) is 8.17. The molecule has 0 aromatic carbocycles. The van der Waals surface area contributed by atoms with Gasteiger partial charge in [0, 0.05) is 13.1 Å². The van der Waals surface area contributed by atoms with Crippen molar-refractivity contribution in [3.05, 3.63) is 48.2 Å². The maximum absolute atomic E-state index is 12.7. The van der Waals surface area contributed by atoms with Gasteiger partial charge in [-0.3, -0.25) is 4.79 Å². The number of hydrogen-bond acceptors (Lipinski definition) is 6. The van der Waals surface area contributed by atoms with Crippen molar-refractivity contribution < 1.29 is 29.0 Å². The fourth-order valence-corrected chi connectivity index (χ4v) is 4.58. The SMILES string of the molecule is C=CCOC(=O)C1=C(C(C)=CC2CCN(C(=O)OCC=C)C2)C[C@@H]2[C@@H]([C@@H](C)O)C(=O)N12. The first-order valence-corrected chi connectivity index (χ1v) is 10.5. The van der Waals surface area contributed by atoms with Crippen LogP contribution in [-0.4, -0.2) is 71.3 Å². The molecule has 0 bridgehead atoms. The number of likely N-dealkylation sites (tertiary alicyclic amines) is 1. The van der Waals surface area contributed by atoms with Gasteiger partial charge >= 0.3 is 12.1 Å². The van der Waals surface area contributed by atoms with E-state index in [-0.39, 0.29) is 42.9 Å². The lowest BCUT2D eigenvalue weighted by molar-refractivity contribution is -0.162. The molecule has 0 spiro atoms. The lowest BCUT2D eigenvalue weighted by Crippen LogP contribution is -2.61. The average Bonchev–Trinajstić information content (AvgIpc) is 3.32. The summed E-state index contributed by atoms with van der Waals surface area (Å²) < 4.78 is 10.3. The van der Waals surface area contributed by atoms with E-state index in [4.69, 9.17) is 9.47 Å². The summed E-state index contributed by atoms with van der Waals surface area (Å²) in [4.78, 5) is 40.5. The van der Waals surface area contributed by atoms with Crippen LogP contribution in [0.3, 0.4) is 0 Å². The maximum Gasteiger partial charge on any atom is 0.410 e. The Morgan fingerprint density at radius 2 is 1.94 bits per heavy atom. The third-order valence-electron chi connectivity index (χ3n) is 6.02. The molecule has 3 aliphatic rings. The summed E-state index contributed by atoms with van der Waals surface area (Å²) >= 11 is 0. The summed E-state index contributed by atoms with van der Waals surface area (Å²) in [5.41, 5.74) is 1.88. The first-order valence-electron chi connectivity index (χ1n) is 10.5. The number of ether oxygens (including phenoxy) is 2. The molecular weight excluding hydrogens is 400 g/mol. The number of carbonyl (C=O) groups excluding carboxylic acids is 3. The van der Waals surface area contributed by atoms with Gasteiger partial charge in [0.25, 0.3) is 0 Å². The number of β-lactam (4-membered cyclic amide) rings is 1. The molecule has 3 heterocycles. The van der Waals surface area contributed by atoms with Gasteiger partial charge in [-0.05, 0) is 43.8 Å². The molecule has 0 aromatic heterocycles. The summed E-state index contributed by atoms with van der Waals surface area (Å²) in [7, 11) is 0. The van der Waals surface area contributed by atoms with E-state index in [2.05, 4.69) is 13.2 Å². The molecule has 8 heteroatoms. The van der Waals surface area contributed by atoms with Crippen LogP contribution in [0.15, 0.2) is 48.2 Å². The van der Waals surface area contributed by atoms with Crippen molar-refractivity contribution in [3.63, 3.8) is 0 Å². The van der Waals surface area contributed by atoms with Crippen molar-refractivity contribution in [1.82, 2.24) is 9.80 Å². The predicted molar refractivity (Wildman–Crippen MR) is 114 cm³/mol. The summed E-state index contributed by atoms with van der Waals surface area (Å²) in [5, 5.41) is 9.99. The summed E-state index contributed by atoms with van der Waals surface area (Å²) in [6, 6.07) is -0.244. The lowest BCUT2D eigenvalue weighted by Gasteiger charge is -2.44. The van der Waals surface area contributed by atoms with Crippen molar-refractivity contribution in [2.45, 2.75) is 38.8 Å². The fourth-order valence-electron chi connectivity index (χ4n) is 4.58. The van der Waals surface area contributed by atoms with Gasteiger partial charge in [0.2, 0.25) is 5.91 Å². The second kappa shape index (κ2) is 9.51. The first-order chi connectivity index (χ1) is 14.8. The lowest BCUT2D eigenvalue weighted by atomic mass is 9.82. The van der Waals surface area contributed by atoms with Crippen molar-refractivity contribution in [2.24, 2.45) is 11.8 Å². The summed E-state index contributed by atoms with van der Waals surface area (Å²) in [6.07, 6.45) is 5.17. The fraction of sp³-hybridized carbons (Fsp3) is 0.522. The first kappa shape index (κ1) is 22.8. The third-order valence-corrected chi connectivity index (χ3v) is 6.02. The van der Waals surface area contributed by atoms with Crippen LogP contribution >= 0.6 is 0 Å². The molecule has 1 N–H and O–H groups in total. The molecule has 3 aliphatic heterocycles. The molecule has 0 aliphatic carbocycles. The smallest absolute Gasteiger partial charge is 0.410 e. The zero-order chi connectivity index (χ0) is 22.7. The average molecular weight is 431 g/mol. The summed E-state index contributed by atoms with van der Waals surface area (Å²) in [6.45, 7) is 11.9. The molecule has 4 atom stereocenters. The Morgan fingerprint density at radius 1 is 1.26 bits per heavy atom. The molecule has 2 amide bonds. The highest BCUT2D eigenvalue weighted by Gasteiger charge is 2.57. The Morgan fingerprint density at radius 3 is 2.58 bits per heavy atom. The van der Waals surface area contributed by atoms with Crippen molar-refractivity contribution in [2.75, 3.05) is 26.3 Å². The van der Waals surface area contributed by atoms with Gasteiger partial charge < -0.3 is 24.4 Å². The quantitative estimate of drug-likeness (QED) is 0.360. The Labute approximate surface area is 182 Å². The number of aliphatic hydroxyl groups is 1. The minimum Gasteiger partial charge on any atom is -0.457 e. The van der Waals surface area contributed by atoms with Crippen LogP contribution in [0.1, 0.15) is 26.7 Å². The minimum atomic E-state index is -0.784. The van der Waals surface area contributed by atoms with Gasteiger partial charge in [-0.25, -0.2) is 9.59 Å². The predicted octanol–water partition coefficient (Wildman–Crippen LogP) is 2.17. The van der Waals surface area contributed by atoms with E-state index in [0.29, 0.717) is 19.5 Å². The molecule has 8 nitrogen and oxygen atoms in total. The van der Waals surface area contributed by atoms with Crippen LogP contribution in [-0.2, 0) is 19.1 Å². The molecule has 1 unspecified atom stereocenters. The monoisotopic (exact) mass is 430 g/mol. The van der Waals surface area contributed by atoms with Gasteiger partial charge in [0.05, 0.1) is 18.1 Å². The zero-order valence-corrected chi connectivity index (χ0v) is 18.1. The Hall–Kier alpha value is -2.87. The maximum atomic E-state index is 12.7. The number of esters is 1. The van der Waals surface area contributed by atoms with E-state index in [0.717, 1.165) is 17.6 Å². The van der Waals surface area contributed by atoms with Gasteiger partial charge in [-0.15, -0.1) is 0 Å². The van der Waals surface area contributed by atoms with Crippen LogP contribution in [0.25, 0.3) is 0 Å². The topological polar surface area (TPSA) is 96.4 Å². The number of carbonyl (C=O) groups is 3. The number of allylic oxidation sites excluding steroid dienone is 1. The van der Waals surface area contributed by atoms with Gasteiger partial charge in [-0.2, -0.15) is 0 Å². The van der Waals surface area contributed by atoms with E-state index in [1.54, 1.807) is 11.8 Å². The molecule has 3 rings (SSSR count). The van der Waals surface area contributed by atoms with Crippen LogP contribution in [0.2, 0.25) is 0 Å². The van der Waals surface area contributed by atoms with Crippen molar-refractivity contribution in [3.8, 4) is 0 Å². The number of fused-ring (bicyclic) bond motifs is 1. The van der Waals surface area contributed by atoms with E-state index in [1.165, 1.54) is 17.1 Å².